The zero-order valence-electron chi connectivity index (χ0n) is 13.3. The first kappa shape index (κ1) is 17.4. The predicted octanol–water partition coefficient (Wildman–Crippen LogP) is 1.58. The van der Waals surface area contributed by atoms with E-state index < -0.39 is 5.60 Å². The molecule has 0 saturated carbocycles. The van der Waals surface area contributed by atoms with Crippen LogP contribution in [0.3, 0.4) is 0 Å². The first-order valence-electron chi connectivity index (χ1n) is 6.76. The molecule has 0 saturated heterocycles. The normalized spacial score (nSPS) is 15.0. The van der Waals surface area contributed by atoms with Crippen LogP contribution >= 0.6 is 0 Å². The summed E-state index contributed by atoms with van der Waals surface area (Å²) >= 11 is 0. The van der Waals surface area contributed by atoms with Crippen LogP contribution in [0.25, 0.3) is 0 Å². The van der Waals surface area contributed by atoms with Gasteiger partial charge in [0.2, 0.25) is 5.75 Å². The molecule has 0 fully saturated rings. The zero-order valence-corrected chi connectivity index (χ0v) is 13.3. The van der Waals surface area contributed by atoms with Gasteiger partial charge >= 0.3 is 0 Å². The number of benzene rings is 1. The third-order valence-corrected chi connectivity index (χ3v) is 3.14. The highest BCUT2D eigenvalue weighted by Gasteiger charge is 2.23. The van der Waals surface area contributed by atoms with Gasteiger partial charge in [-0.3, -0.25) is 0 Å². The van der Waals surface area contributed by atoms with E-state index in [-0.39, 0.29) is 12.6 Å². The van der Waals surface area contributed by atoms with Crippen molar-refractivity contribution in [2.75, 3.05) is 27.9 Å². The lowest BCUT2D eigenvalue weighted by Crippen LogP contribution is -2.38. The summed E-state index contributed by atoms with van der Waals surface area (Å²) in [5.74, 6) is 2.12. The van der Waals surface area contributed by atoms with Gasteiger partial charge in [0.05, 0.1) is 33.0 Å². The summed E-state index contributed by atoms with van der Waals surface area (Å²) in [6.07, 6.45) is 0.200. The van der Waals surface area contributed by atoms with Crippen LogP contribution in [0.2, 0.25) is 0 Å². The fourth-order valence-electron chi connectivity index (χ4n) is 2.10. The second-order valence-corrected chi connectivity index (χ2v) is 5.19. The Morgan fingerprint density at radius 1 is 1.14 bits per heavy atom. The molecule has 3 N–H and O–H groups in total. The molecular weight excluding hydrogens is 274 g/mol. The van der Waals surface area contributed by atoms with Gasteiger partial charge in [-0.25, -0.2) is 0 Å². The summed E-state index contributed by atoms with van der Waals surface area (Å²) in [7, 11) is 4.63. The molecule has 6 heteroatoms. The van der Waals surface area contributed by atoms with E-state index in [1.165, 1.54) is 0 Å². The zero-order chi connectivity index (χ0) is 16.0. The lowest BCUT2D eigenvalue weighted by molar-refractivity contribution is 0.0236. The Balaban J connectivity index is 2.93. The summed E-state index contributed by atoms with van der Waals surface area (Å²) in [5.41, 5.74) is 4.56. The highest BCUT2D eigenvalue weighted by Crippen LogP contribution is 2.41. The molecule has 21 heavy (non-hydrogen) atoms. The maximum absolute atomic E-state index is 9.98. The molecule has 0 bridgehead atoms. The van der Waals surface area contributed by atoms with Gasteiger partial charge in [-0.2, -0.15) is 0 Å². The molecular formula is C15H25NO5. The van der Waals surface area contributed by atoms with E-state index in [1.807, 2.05) is 6.92 Å². The fraction of sp³-hybridized carbons (Fsp3) is 0.600. The molecule has 0 amide bonds. The summed E-state index contributed by atoms with van der Waals surface area (Å²) < 4.78 is 21.6. The van der Waals surface area contributed by atoms with Crippen molar-refractivity contribution in [2.24, 2.45) is 5.73 Å². The molecule has 2 unspecified atom stereocenters. The SMILES string of the molecule is COc1cc(OC(C)CC(C)(O)CN)cc(OC)c1OC. The van der Waals surface area contributed by atoms with Crippen molar-refractivity contribution >= 4 is 0 Å². The van der Waals surface area contributed by atoms with E-state index in [4.69, 9.17) is 24.7 Å². The fourth-order valence-corrected chi connectivity index (χ4v) is 2.10. The maximum Gasteiger partial charge on any atom is 0.203 e. The van der Waals surface area contributed by atoms with E-state index in [1.54, 1.807) is 40.4 Å². The molecule has 0 aromatic heterocycles. The van der Waals surface area contributed by atoms with E-state index in [0.717, 1.165) is 0 Å². The topological polar surface area (TPSA) is 83.2 Å². The van der Waals surface area contributed by atoms with Crippen LogP contribution in [-0.2, 0) is 0 Å². The summed E-state index contributed by atoms with van der Waals surface area (Å²) in [4.78, 5) is 0. The molecule has 1 rings (SSSR count). The monoisotopic (exact) mass is 299 g/mol. The number of rotatable bonds is 8. The molecule has 120 valence electrons. The minimum atomic E-state index is -0.958. The number of aliphatic hydroxyl groups is 1. The van der Waals surface area contributed by atoms with Crippen LogP contribution in [-0.4, -0.2) is 44.7 Å². The van der Waals surface area contributed by atoms with Gasteiger partial charge in [-0.05, 0) is 13.8 Å². The average molecular weight is 299 g/mol. The number of hydrogen-bond acceptors (Lipinski definition) is 6. The number of hydrogen-bond donors (Lipinski definition) is 2. The first-order chi connectivity index (χ1) is 9.86. The third kappa shape index (κ3) is 4.68. The second-order valence-electron chi connectivity index (χ2n) is 5.19. The van der Waals surface area contributed by atoms with Gasteiger partial charge in [0.25, 0.3) is 0 Å². The second kappa shape index (κ2) is 7.38. The minimum Gasteiger partial charge on any atom is -0.493 e. The Bertz CT molecular complexity index is 436. The third-order valence-electron chi connectivity index (χ3n) is 3.14. The molecule has 0 aliphatic heterocycles. The Morgan fingerprint density at radius 2 is 1.67 bits per heavy atom. The standard InChI is InChI=1S/C15H25NO5/c1-10(8-15(2,17)9-16)21-11-6-12(18-3)14(20-5)13(7-11)19-4/h6-7,10,17H,8-9,16H2,1-5H3. The molecule has 1 aromatic carbocycles. The van der Waals surface area contributed by atoms with Crippen LogP contribution in [0.4, 0.5) is 0 Å². The van der Waals surface area contributed by atoms with Crippen LogP contribution in [0.1, 0.15) is 20.3 Å². The van der Waals surface area contributed by atoms with Crippen molar-refractivity contribution in [1.82, 2.24) is 0 Å². The van der Waals surface area contributed by atoms with Gasteiger partial charge in [0.15, 0.2) is 11.5 Å². The van der Waals surface area contributed by atoms with Crippen LogP contribution in [0.15, 0.2) is 12.1 Å². The molecule has 0 radical (unpaired) electrons. The smallest absolute Gasteiger partial charge is 0.203 e. The Hall–Kier alpha value is -1.66. The van der Waals surface area contributed by atoms with Crippen molar-refractivity contribution < 1.29 is 24.1 Å². The molecule has 0 heterocycles. The van der Waals surface area contributed by atoms with Crippen molar-refractivity contribution in [3.63, 3.8) is 0 Å². The predicted molar refractivity (Wildman–Crippen MR) is 80.5 cm³/mol. The number of nitrogens with two attached hydrogens (primary N) is 1. The number of methoxy groups -OCH3 is 3. The maximum atomic E-state index is 9.98. The van der Waals surface area contributed by atoms with E-state index in [9.17, 15) is 5.11 Å². The van der Waals surface area contributed by atoms with Crippen molar-refractivity contribution in [3.05, 3.63) is 12.1 Å². The molecule has 0 spiro atoms. The lowest BCUT2D eigenvalue weighted by Gasteiger charge is -2.26. The van der Waals surface area contributed by atoms with Crippen LogP contribution < -0.4 is 24.7 Å². The average Bonchev–Trinajstić information content (AvgIpc) is 2.45. The summed E-state index contributed by atoms with van der Waals surface area (Å²) in [6.45, 7) is 3.73. The summed E-state index contributed by atoms with van der Waals surface area (Å²) in [5, 5.41) is 9.98. The van der Waals surface area contributed by atoms with Crippen molar-refractivity contribution in [2.45, 2.75) is 32.0 Å². The molecule has 0 aliphatic carbocycles. The minimum absolute atomic E-state index is 0.177. The summed E-state index contributed by atoms with van der Waals surface area (Å²) in [6, 6.07) is 3.43. The Labute approximate surface area is 125 Å². The largest absolute Gasteiger partial charge is 0.493 e. The van der Waals surface area contributed by atoms with Gasteiger partial charge < -0.3 is 29.8 Å². The highest BCUT2D eigenvalue weighted by atomic mass is 16.5. The Morgan fingerprint density at radius 3 is 2.05 bits per heavy atom. The molecule has 0 aliphatic rings. The lowest BCUT2D eigenvalue weighted by atomic mass is 9.99. The Kier molecular flexibility index (Phi) is 6.11. The van der Waals surface area contributed by atoms with Crippen LogP contribution in [0, 0.1) is 0 Å². The molecule has 6 nitrogen and oxygen atoms in total. The van der Waals surface area contributed by atoms with Gasteiger partial charge in [-0.1, -0.05) is 0 Å². The van der Waals surface area contributed by atoms with Crippen LogP contribution in [0.5, 0.6) is 23.0 Å². The number of ether oxygens (including phenoxy) is 4. The van der Waals surface area contributed by atoms with Crippen molar-refractivity contribution in [1.29, 1.82) is 0 Å². The van der Waals surface area contributed by atoms with Gasteiger partial charge in [-0.15, -0.1) is 0 Å². The van der Waals surface area contributed by atoms with Crippen molar-refractivity contribution in [3.8, 4) is 23.0 Å². The first-order valence-corrected chi connectivity index (χ1v) is 6.76. The van der Waals surface area contributed by atoms with Gasteiger partial charge in [0, 0.05) is 25.1 Å². The van der Waals surface area contributed by atoms with Gasteiger partial charge in [0.1, 0.15) is 5.75 Å². The van der Waals surface area contributed by atoms with E-state index in [2.05, 4.69) is 0 Å². The highest BCUT2D eigenvalue weighted by molar-refractivity contribution is 5.55. The van der Waals surface area contributed by atoms with E-state index in [0.29, 0.717) is 29.4 Å². The molecule has 2 atom stereocenters. The molecule has 1 aromatic rings. The van der Waals surface area contributed by atoms with E-state index >= 15 is 0 Å². The quantitative estimate of drug-likeness (QED) is 0.758.